The number of oxazole rings is 1. The van der Waals surface area contributed by atoms with E-state index in [0.29, 0.717) is 18.0 Å². The molecule has 0 saturated carbocycles. The van der Waals surface area contributed by atoms with Crippen LogP contribution in [0.3, 0.4) is 0 Å². The molecule has 1 unspecified atom stereocenters. The smallest absolute Gasteiger partial charge is 0.226 e. The Morgan fingerprint density at radius 1 is 1.45 bits per heavy atom. The SMILES string of the molecule is OCC1CCCN1Cc1coc(-c2cccc(F)c2)n1. The summed E-state index contributed by atoms with van der Waals surface area (Å²) in [6.07, 6.45) is 3.72. The van der Waals surface area contributed by atoms with E-state index in [1.54, 1.807) is 18.4 Å². The van der Waals surface area contributed by atoms with Crippen molar-refractivity contribution in [3.05, 3.63) is 42.0 Å². The molecule has 106 valence electrons. The van der Waals surface area contributed by atoms with E-state index < -0.39 is 0 Å². The van der Waals surface area contributed by atoms with Crippen molar-refractivity contribution in [3.8, 4) is 11.5 Å². The van der Waals surface area contributed by atoms with Crippen LogP contribution in [0.1, 0.15) is 18.5 Å². The van der Waals surface area contributed by atoms with Crippen LogP contribution in [0.25, 0.3) is 11.5 Å². The molecule has 20 heavy (non-hydrogen) atoms. The fourth-order valence-corrected chi connectivity index (χ4v) is 2.65. The van der Waals surface area contributed by atoms with E-state index in [0.717, 1.165) is 25.1 Å². The van der Waals surface area contributed by atoms with Crippen molar-refractivity contribution >= 4 is 0 Å². The third-order valence-electron chi connectivity index (χ3n) is 3.70. The molecule has 1 saturated heterocycles. The number of halogens is 1. The molecule has 1 aliphatic heterocycles. The summed E-state index contributed by atoms with van der Waals surface area (Å²) in [5.41, 5.74) is 1.45. The molecule has 1 aliphatic rings. The van der Waals surface area contributed by atoms with Crippen molar-refractivity contribution in [3.63, 3.8) is 0 Å². The molecule has 2 aromatic rings. The molecular formula is C15H17FN2O2. The maximum Gasteiger partial charge on any atom is 0.226 e. The molecular weight excluding hydrogens is 259 g/mol. The van der Waals surface area contributed by atoms with Crippen LogP contribution >= 0.6 is 0 Å². The zero-order valence-corrected chi connectivity index (χ0v) is 11.1. The second-order valence-corrected chi connectivity index (χ2v) is 5.10. The monoisotopic (exact) mass is 276 g/mol. The lowest BCUT2D eigenvalue weighted by Crippen LogP contribution is -2.31. The van der Waals surface area contributed by atoms with Gasteiger partial charge in [-0.3, -0.25) is 4.90 Å². The van der Waals surface area contributed by atoms with Crippen LogP contribution in [0.15, 0.2) is 34.9 Å². The van der Waals surface area contributed by atoms with Crippen LogP contribution in [-0.2, 0) is 6.54 Å². The minimum atomic E-state index is -0.304. The Bertz CT molecular complexity index is 585. The molecule has 0 amide bonds. The van der Waals surface area contributed by atoms with Gasteiger partial charge < -0.3 is 9.52 Å². The highest BCUT2D eigenvalue weighted by Gasteiger charge is 2.24. The predicted molar refractivity (Wildman–Crippen MR) is 72.4 cm³/mol. The van der Waals surface area contributed by atoms with Gasteiger partial charge in [0, 0.05) is 18.2 Å². The number of hydrogen-bond acceptors (Lipinski definition) is 4. The summed E-state index contributed by atoms with van der Waals surface area (Å²) in [5.74, 6) is 0.126. The second-order valence-electron chi connectivity index (χ2n) is 5.10. The Balaban J connectivity index is 1.74. The summed E-state index contributed by atoms with van der Waals surface area (Å²) >= 11 is 0. The summed E-state index contributed by atoms with van der Waals surface area (Å²) in [4.78, 5) is 6.60. The van der Waals surface area contributed by atoms with Crippen LogP contribution in [0, 0.1) is 5.82 Å². The zero-order chi connectivity index (χ0) is 13.9. The molecule has 1 atom stereocenters. The Labute approximate surface area is 116 Å². The standard InChI is InChI=1S/C15H17FN2O2/c16-12-4-1-3-11(7-12)15-17-13(10-20-15)8-18-6-2-5-14(18)9-19/h1,3-4,7,10,14,19H,2,5-6,8-9H2. The number of nitrogens with zero attached hydrogens (tertiary/aromatic N) is 2. The van der Waals surface area contributed by atoms with Gasteiger partial charge in [-0.25, -0.2) is 9.37 Å². The number of benzene rings is 1. The normalized spacial score (nSPS) is 19.6. The number of aliphatic hydroxyl groups is 1. The lowest BCUT2D eigenvalue weighted by atomic mass is 10.2. The van der Waals surface area contributed by atoms with Crippen molar-refractivity contribution in [2.75, 3.05) is 13.2 Å². The van der Waals surface area contributed by atoms with Crippen LogP contribution in [0.2, 0.25) is 0 Å². The van der Waals surface area contributed by atoms with Gasteiger partial charge in [-0.15, -0.1) is 0 Å². The van der Waals surface area contributed by atoms with E-state index in [-0.39, 0.29) is 18.5 Å². The summed E-state index contributed by atoms with van der Waals surface area (Å²) in [5, 5.41) is 9.30. The Hall–Kier alpha value is -1.72. The Kier molecular flexibility index (Phi) is 3.80. The van der Waals surface area contributed by atoms with Gasteiger partial charge in [0.2, 0.25) is 5.89 Å². The molecule has 2 heterocycles. The molecule has 3 rings (SSSR count). The number of aromatic nitrogens is 1. The summed E-state index contributed by atoms with van der Waals surface area (Å²) in [6.45, 7) is 1.80. The average molecular weight is 276 g/mol. The lowest BCUT2D eigenvalue weighted by Gasteiger charge is -2.20. The highest BCUT2D eigenvalue weighted by molar-refractivity contribution is 5.52. The molecule has 5 heteroatoms. The number of rotatable bonds is 4. The minimum Gasteiger partial charge on any atom is -0.444 e. The summed E-state index contributed by atoms with van der Waals surface area (Å²) in [6, 6.07) is 6.41. The van der Waals surface area contributed by atoms with Crippen molar-refractivity contribution in [1.29, 1.82) is 0 Å². The summed E-state index contributed by atoms with van der Waals surface area (Å²) < 4.78 is 18.6. The van der Waals surface area contributed by atoms with Gasteiger partial charge in [-0.2, -0.15) is 0 Å². The van der Waals surface area contributed by atoms with E-state index in [1.165, 1.54) is 12.1 Å². The maximum atomic E-state index is 13.2. The van der Waals surface area contributed by atoms with Crippen molar-refractivity contribution in [2.45, 2.75) is 25.4 Å². The van der Waals surface area contributed by atoms with Crippen molar-refractivity contribution in [1.82, 2.24) is 9.88 Å². The van der Waals surface area contributed by atoms with E-state index in [4.69, 9.17) is 4.42 Å². The molecule has 4 nitrogen and oxygen atoms in total. The zero-order valence-electron chi connectivity index (χ0n) is 11.1. The van der Waals surface area contributed by atoms with Crippen LogP contribution in [0.5, 0.6) is 0 Å². The number of hydrogen-bond donors (Lipinski definition) is 1. The van der Waals surface area contributed by atoms with Gasteiger partial charge in [0.1, 0.15) is 12.1 Å². The van der Waals surface area contributed by atoms with E-state index in [1.807, 2.05) is 0 Å². The first-order valence-corrected chi connectivity index (χ1v) is 6.81. The molecule has 0 aliphatic carbocycles. The fraction of sp³-hybridized carbons (Fsp3) is 0.400. The third-order valence-corrected chi connectivity index (χ3v) is 3.70. The first kappa shape index (κ1) is 13.3. The fourth-order valence-electron chi connectivity index (χ4n) is 2.65. The number of likely N-dealkylation sites (tertiary alicyclic amines) is 1. The Morgan fingerprint density at radius 2 is 2.35 bits per heavy atom. The highest BCUT2D eigenvalue weighted by Crippen LogP contribution is 2.23. The van der Waals surface area contributed by atoms with Gasteiger partial charge in [-0.05, 0) is 37.6 Å². The van der Waals surface area contributed by atoms with Gasteiger partial charge in [0.25, 0.3) is 0 Å². The van der Waals surface area contributed by atoms with E-state index in [9.17, 15) is 9.50 Å². The topological polar surface area (TPSA) is 49.5 Å². The molecule has 0 spiro atoms. The Morgan fingerprint density at radius 3 is 3.15 bits per heavy atom. The van der Waals surface area contributed by atoms with Gasteiger partial charge in [0.05, 0.1) is 12.3 Å². The third kappa shape index (κ3) is 2.73. The lowest BCUT2D eigenvalue weighted by molar-refractivity contribution is 0.152. The largest absolute Gasteiger partial charge is 0.444 e. The minimum absolute atomic E-state index is 0.175. The second kappa shape index (κ2) is 5.73. The van der Waals surface area contributed by atoms with Gasteiger partial charge >= 0.3 is 0 Å². The molecule has 1 fully saturated rings. The van der Waals surface area contributed by atoms with E-state index in [2.05, 4.69) is 9.88 Å². The molecule has 1 N–H and O–H groups in total. The molecule has 0 bridgehead atoms. The van der Waals surface area contributed by atoms with Gasteiger partial charge in [0.15, 0.2) is 0 Å². The maximum absolute atomic E-state index is 13.2. The molecule has 1 aromatic heterocycles. The van der Waals surface area contributed by atoms with Crippen LogP contribution in [-0.4, -0.2) is 34.2 Å². The van der Waals surface area contributed by atoms with Crippen molar-refractivity contribution in [2.24, 2.45) is 0 Å². The molecule has 1 aromatic carbocycles. The summed E-state index contributed by atoms with van der Waals surface area (Å²) in [7, 11) is 0. The highest BCUT2D eigenvalue weighted by atomic mass is 19.1. The van der Waals surface area contributed by atoms with Crippen LogP contribution < -0.4 is 0 Å². The quantitative estimate of drug-likeness (QED) is 0.932. The van der Waals surface area contributed by atoms with Gasteiger partial charge in [-0.1, -0.05) is 6.07 Å². The van der Waals surface area contributed by atoms with E-state index >= 15 is 0 Å². The number of aliphatic hydroxyl groups excluding tert-OH is 1. The first-order valence-electron chi connectivity index (χ1n) is 6.81. The van der Waals surface area contributed by atoms with Crippen LogP contribution in [0.4, 0.5) is 4.39 Å². The van der Waals surface area contributed by atoms with Crippen molar-refractivity contribution < 1.29 is 13.9 Å². The average Bonchev–Trinajstić information content (AvgIpc) is 3.08. The molecule has 0 radical (unpaired) electrons. The predicted octanol–water partition coefficient (Wildman–Crippen LogP) is 2.44. The first-order chi connectivity index (χ1) is 9.76.